The van der Waals surface area contributed by atoms with Crippen LogP contribution in [0, 0.1) is 18.3 Å². The number of terminal acetylenes is 1. The number of esters is 3. The minimum Gasteiger partial charge on any atom is -0.465 e. The number of rotatable bonds is 9. The van der Waals surface area contributed by atoms with Crippen molar-refractivity contribution in [2.45, 2.75) is 26.9 Å². The van der Waals surface area contributed by atoms with E-state index in [2.05, 4.69) is 5.92 Å². The molecule has 7 nitrogen and oxygen atoms in total. The van der Waals surface area contributed by atoms with Crippen molar-refractivity contribution < 1.29 is 33.3 Å². The molecule has 7 heteroatoms. The Morgan fingerprint density at radius 1 is 0.905 bits per heavy atom. The lowest BCUT2D eigenvalue weighted by molar-refractivity contribution is -0.179. The first-order valence-electron chi connectivity index (χ1n) is 6.58. The monoisotopic (exact) mass is 300 g/mol. The van der Waals surface area contributed by atoms with E-state index in [4.69, 9.17) is 25.4 Å². The van der Waals surface area contributed by atoms with Crippen LogP contribution >= 0.6 is 0 Å². The van der Waals surface area contributed by atoms with Gasteiger partial charge in [-0.2, -0.15) is 0 Å². The molecule has 0 spiro atoms. The maximum absolute atomic E-state index is 11.9. The fraction of sp³-hybridized carbons (Fsp3) is 0.643. The van der Waals surface area contributed by atoms with E-state index in [1.165, 1.54) is 0 Å². The van der Waals surface area contributed by atoms with Crippen molar-refractivity contribution in [3.05, 3.63) is 0 Å². The van der Waals surface area contributed by atoms with Crippen LogP contribution in [-0.2, 0) is 33.3 Å². The summed E-state index contributed by atoms with van der Waals surface area (Å²) in [6.45, 7) is 4.61. The van der Waals surface area contributed by atoms with Gasteiger partial charge in [0.1, 0.15) is 6.61 Å². The van der Waals surface area contributed by atoms with Gasteiger partial charge in [0.15, 0.2) is 12.0 Å². The minimum atomic E-state index is -1.57. The van der Waals surface area contributed by atoms with Crippen LogP contribution in [-0.4, -0.2) is 50.4 Å². The van der Waals surface area contributed by atoms with Crippen LogP contribution in [0.2, 0.25) is 0 Å². The number of carbonyl (C=O) groups excluding carboxylic acids is 3. The molecule has 0 aromatic heterocycles. The molecular formula is C14H20O7. The maximum Gasteiger partial charge on any atom is 0.336 e. The van der Waals surface area contributed by atoms with Crippen molar-refractivity contribution in [3.8, 4) is 12.3 Å². The Labute approximate surface area is 123 Å². The van der Waals surface area contributed by atoms with Gasteiger partial charge in [0.2, 0.25) is 0 Å². The van der Waals surface area contributed by atoms with Crippen LogP contribution < -0.4 is 0 Å². The summed E-state index contributed by atoms with van der Waals surface area (Å²) in [5, 5.41) is 0. The molecule has 0 bridgehead atoms. The summed E-state index contributed by atoms with van der Waals surface area (Å²) < 4.78 is 19.4. The highest BCUT2D eigenvalue weighted by atomic mass is 16.6. The first-order valence-corrected chi connectivity index (χ1v) is 6.58. The van der Waals surface area contributed by atoms with Crippen molar-refractivity contribution in [1.29, 1.82) is 0 Å². The van der Waals surface area contributed by atoms with Gasteiger partial charge in [-0.3, -0.25) is 9.59 Å². The molecule has 0 rings (SSSR count). The molecule has 0 saturated carbocycles. The second-order valence-electron chi connectivity index (χ2n) is 3.67. The topological polar surface area (TPSA) is 88.1 Å². The van der Waals surface area contributed by atoms with Gasteiger partial charge in [0.25, 0.3) is 0 Å². The van der Waals surface area contributed by atoms with Gasteiger partial charge < -0.3 is 18.9 Å². The summed E-state index contributed by atoms with van der Waals surface area (Å²) in [6.07, 6.45) is 3.56. The lowest BCUT2D eigenvalue weighted by Crippen LogP contribution is -2.44. The predicted octanol–water partition coefficient (Wildman–Crippen LogP) is 0.310. The lowest BCUT2D eigenvalue weighted by Gasteiger charge is -2.22. The number of carbonyl (C=O) groups is 3. The molecule has 0 fully saturated rings. The number of ether oxygens (including phenoxy) is 4. The van der Waals surface area contributed by atoms with E-state index < -0.39 is 29.9 Å². The summed E-state index contributed by atoms with van der Waals surface area (Å²) in [7, 11) is 0. The van der Waals surface area contributed by atoms with Crippen LogP contribution in [0.4, 0.5) is 0 Å². The van der Waals surface area contributed by atoms with E-state index in [0.29, 0.717) is 0 Å². The van der Waals surface area contributed by atoms with E-state index >= 15 is 0 Å². The molecule has 118 valence electrons. The smallest absolute Gasteiger partial charge is 0.336 e. The molecule has 0 aliphatic carbocycles. The predicted molar refractivity (Wildman–Crippen MR) is 72.0 cm³/mol. The highest BCUT2D eigenvalue weighted by Crippen LogP contribution is 2.15. The molecule has 0 aromatic rings. The van der Waals surface area contributed by atoms with E-state index in [9.17, 15) is 14.4 Å². The van der Waals surface area contributed by atoms with Crippen molar-refractivity contribution in [1.82, 2.24) is 0 Å². The molecule has 1 atom stereocenters. The molecule has 0 saturated heterocycles. The Hall–Kier alpha value is -2.07. The molecule has 0 aliphatic rings. The zero-order valence-electron chi connectivity index (χ0n) is 12.4. The Morgan fingerprint density at radius 3 is 1.71 bits per heavy atom. The van der Waals surface area contributed by atoms with Gasteiger partial charge in [-0.25, -0.2) is 4.79 Å². The molecule has 0 aliphatic heterocycles. The summed E-state index contributed by atoms with van der Waals surface area (Å²) >= 11 is 0. The first kappa shape index (κ1) is 18.9. The average Bonchev–Trinajstić information content (AvgIpc) is 2.43. The van der Waals surface area contributed by atoms with Gasteiger partial charge >= 0.3 is 17.9 Å². The zero-order valence-corrected chi connectivity index (χ0v) is 12.4. The third-order valence-electron chi connectivity index (χ3n) is 2.25. The molecule has 0 radical (unpaired) electrons. The van der Waals surface area contributed by atoms with Gasteiger partial charge in [0, 0.05) is 0 Å². The maximum atomic E-state index is 11.9. The van der Waals surface area contributed by atoms with Crippen LogP contribution in [0.1, 0.15) is 20.8 Å². The molecule has 0 N–H and O–H groups in total. The molecule has 0 heterocycles. The molecular weight excluding hydrogens is 280 g/mol. The van der Waals surface area contributed by atoms with Gasteiger partial charge in [-0.15, -0.1) is 6.42 Å². The summed E-state index contributed by atoms with van der Waals surface area (Å²) in [4.78, 5) is 35.7. The van der Waals surface area contributed by atoms with E-state index in [-0.39, 0.29) is 26.4 Å². The van der Waals surface area contributed by atoms with Crippen molar-refractivity contribution in [2.24, 2.45) is 5.92 Å². The van der Waals surface area contributed by atoms with E-state index in [1.807, 2.05) is 0 Å². The average molecular weight is 300 g/mol. The van der Waals surface area contributed by atoms with Crippen LogP contribution in [0.5, 0.6) is 0 Å². The second kappa shape index (κ2) is 10.7. The second-order valence-corrected chi connectivity index (χ2v) is 3.67. The van der Waals surface area contributed by atoms with Gasteiger partial charge in [0.05, 0.1) is 19.8 Å². The summed E-state index contributed by atoms with van der Waals surface area (Å²) in [5.74, 6) is -2.14. The molecule has 21 heavy (non-hydrogen) atoms. The number of hydrogen-bond donors (Lipinski definition) is 0. The van der Waals surface area contributed by atoms with Crippen molar-refractivity contribution in [3.63, 3.8) is 0 Å². The highest BCUT2D eigenvalue weighted by Gasteiger charge is 2.43. The third-order valence-corrected chi connectivity index (χ3v) is 2.25. The molecule has 0 aromatic carbocycles. The SMILES string of the molecule is C#CCOC(C(=O)OCC)C(C(=O)OCC)C(=O)OCC. The quantitative estimate of drug-likeness (QED) is 0.262. The Kier molecular flexibility index (Phi) is 9.63. The largest absolute Gasteiger partial charge is 0.465 e. The Bertz CT molecular complexity index is 379. The fourth-order valence-corrected chi connectivity index (χ4v) is 1.47. The first-order chi connectivity index (χ1) is 10.0. The zero-order chi connectivity index (χ0) is 16.3. The van der Waals surface area contributed by atoms with E-state index in [1.54, 1.807) is 20.8 Å². The third kappa shape index (κ3) is 6.27. The fourth-order valence-electron chi connectivity index (χ4n) is 1.47. The molecule has 1 unspecified atom stereocenters. The summed E-state index contributed by atoms with van der Waals surface area (Å²) in [5.41, 5.74) is 0. The van der Waals surface area contributed by atoms with Crippen LogP contribution in [0.15, 0.2) is 0 Å². The van der Waals surface area contributed by atoms with Gasteiger partial charge in [-0.1, -0.05) is 5.92 Å². The number of hydrogen-bond acceptors (Lipinski definition) is 7. The minimum absolute atomic E-state index is 0.0411. The van der Waals surface area contributed by atoms with Crippen molar-refractivity contribution >= 4 is 17.9 Å². The van der Waals surface area contributed by atoms with Crippen molar-refractivity contribution in [2.75, 3.05) is 26.4 Å². The van der Waals surface area contributed by atoms with Gasteiger partial charge in [-0.05, 0) is 20.8 Å². The Balaban J connectivity index is 5.32. The molecule has 0 amide bonds. The van der Waals surface area contributed by atoms with E-state index in [0.717, 1.165) is 0 Å². The van der Waals surface area contributed by atoms with Crippen LogP contribution in [0.25, 0.3) is 0 Å². The van der Waals surface area contributed by atoms with Crippen LogP contribution in [0.3, 0.4) is 0 Å². The standard InChI is InChI=1S/C14H20O7/c1-5-9-21-11(14(17)20-8-4)10(12(15)18-6-2)13(16)19-7-3/h1,10-11H,6-9H2,2-4H3. The lowest BCUT2D eigenvalue weighted by atomic mass is 10.0. The Morgan fingerprint density at radius 2 is 1.33 bits per heavy atom. The normalized spacial score (nSPS) is 11.4. The summed E-state index contributed by atoms with van der Waals surface area (Å²) in [6, 6.07) is 0. The highest BCUT2D eigenvalue weighted by molar-refractivity contribution is 6.00.